The highest BCUT2D eigenvalue weighted by atomic mass is 16.6. The molecule has 1 atom stereocenters. The Bertz CT molecular complexity index is 958. The first-order valence-electron chi connectivity index (χ1n) is 10.2. The monoisotopic (exact) mass is 407 g/mol. The van der Waals surface area contributed by atoms with E-state index in [1.807, 2.05) is 55.5 Å². The maximum Gasteiger partial charge on any atom is 0.243 e. The minimum Gasteiger partial charge on any atom is -0.486 e. The molecule has 2 aliphatic heterocycles. The zero-order valence-electron chi connectivity index (χ0n) is 17.0. The van der Waals surface area contributed by atoms with Gasteiger partial charge in [-0.05, 0) is 30.2 Å². The van der Waals surface area contributed by atoms with Gasteiger partial charge in [0.25, 0.3) is 0 Å². The molecule has 0 unspecified atom stereocenters. The Morgan fingerprint density at radius 2 is 1.87 bits per heavy atom. The van der Waals surface area contributed by atoms with E-state index in [9.17, 15) is 9.59 Å². The summed E-state index contributed by atoms with van der Waals surface area (Å²) in [6.07, 6.45) is 1.21. The average Bonchev–Trinajstić information content (AvgIpc) is 2.78. The van der Waals surface area contributed by atoms with Gasteiger partial charge in [-0.1, -0.05) is 36.4 Å². The average molecular weight is 407 g/mol. The van der Waals surface area contributed by atoms with Gasteiger partial charge in [-0.2, -0.15) is 5.10 Å². The van der Waals surface area contributed by atoms with Crippen molar-refractivity contribution in [3.63, 3.8) is 0 Å². The maximum absolute atomic E-state index is 12.5. The van der Waals surface area contributed by atoms with Crippen molar-refractivity contribution in [3.05, 3.63) is 59.7 Å². The van der Waals surface area contributed by atoms with Gasteiger partial charge < -0.3 is 14.8 Å². The molecule has 0 saturated heterocycles. The van der Waals surface area contributed by atoms with Crippen LogP contribution in [-0.4, -0.2) is 42.3 Å². The fourth-order valence-electron chi connectivity index (χ4n) is 3.55. The molecule has 0 aliphatic carbocycles. The normalized spacial score (nSPS) is 16.6. The van der Waals surface area contributed by atoms with Crippen molar-refractivity contribution in [2.45, 2.75) is 32.2 Å². The van der Waals surface area contributed by atoms with Crippen molar-refractivity contribution in [2.75, 3.05) is 19.8 Å². The van der Waals surface area contributed by atoms with Crippen LogP contribution in [0.25, 0.3) is 0 Å². The lowest BCUT2D eigenvalue weighted by Gasteiger charge is -2.24. The molecule has 2 amide bonds. The highest BCUT2D eigenvalue weighted by molar-refractivity contribution is 6.04. The van der Waals surface area contributed by atoms with Crippen LogP contribution in [0.15, 0.2) is 53.6 Å². The fraction of sp³-hybridized carbons (Fsp3) is 0.348. The molecular formula is C23H25N3O4. The molecule has 0 bridgehead atoms. The van der Waals surface area contributed by atoms with Crippen molar-refractivity contribution in [1.82, 2.24) is 10.3 Å². The van der Waals surface area contributed by atoms with Crippen LogP contribution in [0.5, 0.6) is 11.5 Å². The molecule has 4 rings (SSSR count). The van der Waals surface area contributed by atoms with Crippen molar-refractivity contribution < 1.29 is 19.1 Å². The molecule has 2 aliphatic rings. The molecule has 30 heavy (non-hydrogen) atoms. The summed E-state index contributed by atoms with van der Waals surface area (Å²) < 4.78 is 11.1. The molecule has 1 N–H and O–H groups in total. The van der Waals surface area contributed by atoms with Crippen LogP contribution in [0.2, 0.25) is 0 Å². The second kappa shape index (κ2) is 8.98. The number of hydrazone groups is 1. The van der Waals surface area contributed by atoms with E-state index in [4.69, 9.17) is 9.47 Å². The van der Waals surface area contributed by atoms with Crippen LogP contribution in [-0.2, 0) is 9.59 Å². The predicted octanol–water partition coefficient (Wildman–Crippen LogP) is 3.05. The molecule has 2 aromatic carbocycles. The molecule has 0 saturated carbocycles. The summed E-state index contributed by atoms with van der Waals surface area (Å²) in [5, 5.41) is 8.88. The molecule has 7 heteroatoms. The zero-order chi connectivity index (χ0) is 20.9. The maximum atomic E-state index is 12.5. The number of hydrogen-bond acceptors (Lipinski definition) is 5. The number of hydrogen-bond donors (Lipinski definition) is 1. The summed E-state index contributed by atoms with van der Waals surface area (Å²) in [6, 6.07) is 15.3. The lowest BCUT2D eigenvalue weighted by Crippen LogP contribution is -2.36. The Kier molecular flexibility index (Phi) is 5.97. The molecule has 0 spiro atoms. The molecule has 7 nitrogen and oxygen atoms in total. The summed E-state index contributed by atoms with van der Waals surface area (Å²) in [4.78, 5) is 24.7. The van der Waals surface area contributed by atoms with Crippen molar-refractivity contribution >= 4 is 17.5 Å². The van der Waals surface area contributed by atoms with Crippen LogP contribution in [0, 0.1) is 0 Å². The molecule has 0 aromatic heterocycles. The third-order valence-corrected chi connectivity index (χ3v) is 5.21. The first-order chi connectivity index (χ1) is 14.6. The van der Waals surface area contributed by atoms with Gasteiger partial charge in [0, 0.05) is 19.3 Å². The van der Waals surface area contributed by atoms with Crippen LogP contribution in [0.1, 0.15) is 43.4 Å². The number of benzene rings is 2. The Labute approximate surface area is 175 Å². The van der Waals surface area contributed by atoms with Crippen molar-refractivity contribution in [2.24, 2.45) is 5.10 Å². The molecule has 2 aromatic rings. The smallest absolute Gasteiger partial charge is 0.243 e. The Balaban J connectivity index is 1.34. The van der Waals surface area contributed by atoms with Gasteiger partial charge in [0.05, 0.1) is 18.3 Å². The van der Waals surface area contributed by atoms with E-state index in [2.05, 4.69) is 10.4 Å². The second-order valence-corrected chi connectivity index (χ2v) is 7.37. The van der Waals surface area contributed by atoms with Gasteiger partial charge in [0.2, 0.25) is 11.8 Å². The SMILES string of the molecule is C[C@@H](NC(=O)CCN1N=C(c2ccccc2)CCC1=O)c1ccc2c(c1)OCCO2. The number of nitrogens with one attached hydrogen (secondary N) is 1. The Hall–Kier alpha value is -3.35. The lowest BCUT2D eigenvalue weighted by atomic mass is 10.0. The zero-order valence-corrected chi connectivity index (χ0v) is 17.0. The number of nitrogens with zero attached hydrogens (tertiary/aromatic N) is 2. The summed E-state index contributed by atoms with van der Waals surface area (Å²) in [6.45, 7) is 3.24. The van der Waals surface area contributed by atoms with Crippen LogP contribution in [0.4, 0.5) is 0 Å². The summed E-state index contributed by atoms with van der Waals surface area (Å²) in [5.41, 5.74) is 2.82. The minimum absolute atomic E-state index is 0.0534. The van der Waals surface area contributed by atoms with Crippen molar-refractivity contribution in [1.29, 1.82) is 0 Å². The lowest BCUT2D eigenvalue weighted by molar-refractivity contribution is -0.132. The molecule has 0 fully saturated rings. The molecular weight excluding hydrogens is 382 g/mol. The first-order valence-corrected chi connectivity index (χ1v) is 10.2. The summed E-state index contributed by atoms with van der Waals surface area (Å²) in [5.74, 6) is 1.23. The standard InChI is InChI=1S/C23H25N3O4/c1-16(18-7-9-20-21(15-18)30-14-13-29-20)24-22(27)11-12-26-23(28)10-8-19(25-26)17-5-3-2-4-6-17/h2-7,9,15-16H,8,10-14H2,1H3,(H,24,27)/t16-/m1/s1. The van der Waals surface area contributed by atoms with Gasteiger partial charge in [-0.3, -0.25) is 9.59 Å². The fourth-order valence-corrected chi connectivity index (χ4v) is 3.55. The highest BCUT2D eigenvalue weighted by Gasteiger charge is 2.22. The van der Waals surface area contributed by atoms with Gasteiger partial charge in [0.1, 0.15) is 13.2 Å². The van der Waals surface area contributed by atoms with Gasteiger partial charge in [0.15, 0.2) is 11.5 Å². The number of rotatable bonds is 6. The first kappa shape index (κ1) is 19.9. The summed E-state index contributed by atoms with van der Waals surface area (Å²) >= 11 is 0. The second-order valence-electron chi connectivity index (χ2n) is 7.37. The van der Waals surface area contributed by atoms with E-state index in [0.29, 0.717) is 31.8 Å². The third kappa shape index (κ3) is 4.62. The van der Waals surface area contributed by atoms with Crippen LogP contribution >= 0.6 is 0 Å². The van der Waals surface area contributed by atoms with E-state index in [-0.39, 0.29) is 30.8 Å². The minimum atomic E-state index is -0.186. The quantitative estimate of drug-likeness (QED) is 0.798. The Morgan fingerprint density at radius 1 is 1.10 bits per heavy atom. The largest absolute Gasteiger partial charge is 0.486 e. The van der Waals surface area contributed by atoms with Gasteiger partial charge in [-0.25, -0.2) is 5.01 Å². The highest BCUT2D eigenvalue weighted by Crippen LogP contribution is 2.32. The van der Waals surface area contributed by atoms with E-state index in [0.717, 1.165) is 22.6 Å². The van der Waals surface area contributed by atoms with Gasteiger partial charge in [-0.15, -0.1) is 0 Å². The number of carbonyl (C=O) groups is 2. The molecule has 2 heterocycles. The van der Waals surface area contributed by atoms with Crippen LogP contribution < -0.4 is 14.8 Å². The van der Waals surface area contributed by atoms with Crippen LogP contribution in [0.3, 0.4) is 0 Å². The van der Waals surface area contributed by atoms with E-state index < -0.39 is 0 Å². The molecule has 156 valence electrons. The predicted molar refractivity (Wildman–Crippen MR) is 113 cm³/mol. The summed E-state index contributed by atoms with van der Waals surface area (Å²) in [7, 11) is 0. The third-order valence-electron chi connectivity index (χ3n) is 5.21. The number of amides is 2. The number of fused-ring (bicyclic) bond motifs is 1. The number of ether oxygens (including phenoxy) is 2. The molecule has 0 radical (unpaired) electrons. The van der Waals surface area contributed by atoms with E-state index in [1.165, 1.54) is 5.01 Å². The van der Waals surface area contributed by atoms with Gasteiger partial charge >= 0.3 is 0 Å². The Morgan fingerprint density at radius 3 is 2.67 bits per heavy atom. The van der Waals surface area contributed by atoms with E-state index in [1.54, 1.807) is 0 Å². The van der Waals surface area contributed by atoms with E-state index >= 15 is 0 Å². The van der Waals surface area contributed by atoms with Crippen molar-refractivity contribution in [3.8, 4) is 11.5 Å². The number of carbonyl (C=O) groups excluding carboxylic acids is 2. The topological polar surface area (TPSA) is 80.2 Å².